The molecular formula is C26H32N6O3. The van der Waals surface area contributed by atoms with Crippen molar-refractivity contribution in [3.05, 3.63) is 42.1 Å². The van der Waals surface area contributed by atoms with Crippen molar-refractivity contribution in [3.63, 3.8) is 0 Å². The lowest BCUT2D eigenvalue weighted by molar-refractivity contribution is -0.130. The Kier molecular flexibility index (Phi) is 8.27. The summed E-state index contributed by atoms with van der Waals surface area (Å²) in [4.78, 5) is 35.7. The molecule has 184 valence electrons. The number of likely N-dealkylation sites (tertiary alicyclic amines) is 1. The number of ether oxygens (including phenoxy) is 1. The van der Waals surface area contributed by atoms with Gasteiger partial charge in [0.1, 0.15) is 17.4 Å². The van der Waals surface area contributed by atoms with Crippen LogP contribution in [0.3, 0.4) is 0 Å². The molecule has 2 aromatic rings. The van der Waals surface area contributed by atoms with Gasteiger partial charge in [0.05, 0.1) is 19.2 Å². The molecule has 1 saturated heterocycles. The molecule has 2 heterocycles. The number of hydrogen-bond donors (Lipinski definition) is 2. The molecule has 0 radical (unpaired) electrons. The van der Waals surface area contributed by atoms with Gasteiger partial charge in [0.25, 0.3) is 0 Å². The van der Waals surface area contributed by atoms with Crippen LogP contribution in [0, 0.1) is 11.3 Å². The minimum absolute atomic E-state index is 0.00260. The van der Waals surface area contributed by atoms with E-state index in [0.717, 1.165) is 44.1 Å². The van der Waals surface area contributed by atoms with Gasteiger partial charge in [0.15, 0.2) is 5.82 Å². The zero-order valence-corrected chi connectivity index (χ0v) is 20.1. The molecule has 1 amide bonds. The van der Waals surface area contributed by atoms with Crippen LogP contribution in [0.2, 0.25) is 0 Å². The van der Waals surface area contributed by atoms with Gasteiger partial charge in [0.2, 0.25) is 5.91 Å². The fraction of sp³-hybridized carbons (Fsp3) is 0.500. The second-order valence-electron chi connectivity index (χ2n) is 8.99. The molecule has 35 heavy (non-hydrogen) atoms. The van der Waals surface area contributed by atoms with Crippen molar-refractivity contribution >= 4 is 17.7 Å². The highest BCUT2D eigenvalue weighted by Crippen LogP contribution is 2.26. The number of nitrogens with zero attached hydrogens (tertiary/aromatic N) is 4. The summed E-state index contributed by atoms with van der Waals surface area (Å²) >= 11 is 0. The lowest BCUT2D eigenvalue weighted by Gasteiger charge is -2.31. The van der Waals surface area contributed by atoms with Gasteiger partial charge in [-0.15, -0.1) is 0 Å². The van der Waals surface area contributed by atoms with Gasteiger partial charge in [-0.3, -0.25) is 4.79 Å². The van der Waals surface area contributed by atoms with Crippen molar-refractivity contribution in [3.8, 4) is 17.5 Å². The number of amides is 1. The number of aromatic nitrogens is 2. The minimum atomic E-state index is -0.443. The van der Waals surface area contributed by atoms with E-state index in [0.29, 0.717) is 23.8 Å². The third-order valence-electron chi connectivity index (χ3n) is 6.65. The van der Waals surface area contributed by atoms with E-state index >= 15 is 0 Å². The fourth-order valence-electron chi connectivity index (χ4n) is 4.74. The second-order valence-corrected chi connectivity index (χ2v) is 8.99. The van der Waals surface area contributed by atoms with E-state index in [-0.39, 0.29) is 37.2 Å². The molecule has 1 atom stereocenters. The van der Waals surface area contributed by atoms with Gasteiger partial charge in [-0.2, -0.15) is 5.26 Å². The molecule has 9 nitrogen and oxygen atoms in total. The van der Waals surface area contributed by atoms with Gasteiger partial charge in [-0.05, 0) is 45.4 Å². The number of anilines is 1. The highest BCUT2D eigenvalue weighted by molar-refractivity contribution is 5.94. The van der Waals surface area contributed by atoms with Gasteiger partial charge in [-0.25, -0.2) is 14.8 Å². The van der Waals surface area contributed by atoms with Crippen molar-refractivity contribution in [2.45, 2.75) is 63.6 Å². The Morgan fingerprint density at radius 2 is 1.89 bits per heavy atom. The minimum Gasteiger partial charge on any atom is -0.462 e. The van der Waals surface area contributed by atoms with Crippen LogP contribution >= 0.6 is 0 Å². The molecule has 1 aliphatic carbocycles. The molecule has 1 aliphatic heterocycles. The molecule has 1 saturated carbocycles. The molecule has 1 aromatic heterocycles. The Hall–Kier alpha value is -3.51. The van der Waals surface area contributed by atoms with Gasteiger partial charge in [-0.1, -0.05) is 30.3 Å². The molecule has 2 fully saturated rings. The first-order valence-electron chi connectivity index (χ1n) is 12.4. The number of carbonyl (C=O) groups excluding carboxylic acids is 2. The first-order valence-corrected chi connectivity index (χ1v) is 12.4. The molecule has 1 aromatic carbocycles. The van der Waals surface area contributed by atoms with E-state index in [1.807, 2.05) is 30.3 Å². The molecule has 0 bridgehead atoms. The Morgan fingerprint density at radius 3 is 2.60 bits per heavy atom. The monoisotopic (exact) mass is 476 g/mol. The number of esters is 1. The van der Waals surface area contributed by atoms with Crippen molar-refractivity contribution < 1.29 is 14.3 Å². The molecule has 0 spiro atoms. The van der Waals surface area contributed by atoms with Gasteiger partial charge in [0, 0.05) is 30.4 Å². The molecular weight excluding hydrogens is 444 g/mol. The number of nitriles is 1. The average Bonchev–Trinajstić information content (AvgIpc) is 3.38. The Labute approximate surface area is 205 Å². The van der Waals surface area contributed by atoms with E-state index in [9.17, 15) is 14.9 Å². The van der Waals surface area contributed by atoms with Crippen LogP contribution in [0.1, 0.15) is 55.8 Å². The summed E-state index contributed by atoms with van der Waals surface area (Å²) < 4.78 is 5.21. The third kappa shape index (κ3) is 6.14. The summed E-state index contributed by atoms with van der Waals surface area (Å²) in [7, 11) is 0. The molecule has 0 unspecified atom stereocenters. The number of nitrogens with one attached hydrogen (secondary N) is 2. The van der Waals surface area contributed by atoms with E-state index in [4.69, 9.17) is 4.74 Å². The highest BCUT2D eigenvalue weighted by Gasteiger charge is 2.29. The van der Waals surface area contributed by atoms with Crippen LogP contribution in [0.25, 0.3) is 11.4 Å². The lowest BCUT2D eigenvalue weighted by Crippen LogP contribution is -2.45. The smallest absolute Gasteiger partial charge is 0.343 e. The highest BCUT2D eigenvalue weighted by atomic mass is 16.5. The number of benzene rings is 1. The first-order chi connectivity index (χ1) is 17.1. The average molecular weight is 477 g/mol. The van der Waals surface area contributed by atoms with E-state index in [1.54, 1.807) is 11.8 Å². The lowest BCUT2D eigenvalue weighted by atomic mass is 9.91. The number of rotatable bonds is 8. The summed E-state index contributed by atoms with van der Waals surface area (Å²) in [5, 5.41) is 16.0. The van der Waals surface area contributed by atoms with Crippen molar-refractivity contribution in [2.24, 2.45) is 0 Å². The summed E-state index contributed by atoms with van der Waals surface area (Å²) in [5.41, 5.74) is 1.20. The maximum atomic E-state index is 12.5. The van der Waals surface area contributed by atoms with E-state index in [2.05, 4.69) is 26.7 Å². The topological polar surface area (TPSA) is 120 Å². The van der Waals surface area contributed by atoms with Crippen molar-refractivity contribution in [2.75, 3.05) is 25.0 Å². The fourth-order valence-corrected chi connectivity index (χ4v) is 4.74. The van der Waals surface area contributed by atoms with E-state index < -0.39 is 5.97 Å². The summed E-state index contributed by atoms with van der Waals surface area (Å²) in [5.74, 6) is 0.594. The zero-order chi connectivity index (χ0) is 24.6. The van der Waals surface area contributed by atoms with Crippen molar-refractivity contribution in [1.82, 2.24) is 20.2 Å². The molecule has 9 heteroatoms. The van der Waals surface area contributed by atoms with Crippen LogP contribution in [0.5, 0.6) is 0 Å². The number of carbonyl (C=O) groups is 2. The predicted octanol–water partition coefficient (Wildman–Crippen LogP) is 3.15. The maximum Gasteiger partial charge on any atom is 0.343 e. The van der Waals surface area contributed by atoms with Gasteiger partial charge < -0.3 is 20.3 Å². The third-order valence-corrected chi connectivity index (χ3v) is 6.65. The van der Waals surface area contributed by atoms with Gasteiger partial charge >= 0.3 is 5.97 Å². The predicted molar refractivity (Wildman–Crippen MR) is 131 cm³/mol. The van der Waals surface area contributed by atoms with Crippen LogP contribution in [0.4, 0.5) is 5.82 Å². The maximum absolute atomic E-state index is 12.5. The Balaban J connectivity index is 1.35. The summed E-state index contributed by atoms with van der Waals surface area (Å²) in [6.07, 6.45) is 6.75. The standard InChI is InChI=1S/C26H32N6O3/c1-2-35-26(34)22-16-29-24(18-7-4-3-5-8-18)31-25(22)30-20-12-10-19(11-13-20)28-17-23(33)32-14-6-9-21(32)15-27/h3-5,7-8,16,19-21,28H,2,6,9-14,17H2,1H3,(H,29,30,31)/t19?,20?,21-/m0/s1. The zero-order valence-electron chi connectivity index (χ0n) is 20.1. The summed E-state index contributed by atoms with van der Waals surface area (Å²) in [6.45, 7) is 2.98. The molecule has 2 N–H and O–H groups in total. The quantitative estimate of drug-likeness (QED) is 0.558. The molecule has 4 rings (SSSR count). The van der Waals surface area contributed by atoms with Crippen LogP contribution in [-0.4, -0.2) is 64.6 Å². The van der Waals surface area contributed by atoms with Crippen LogP contribution < -0.4 is 10.6 Å². The number of hydrogen-bond acceptors (Lipinski definition) is 8. The normalized spacial score (nSPS) is 21.8. The van der Waals surface area contributed by atoms with E-state index in [1.165, 1.54) is 6.20 Å². The summed E-state index contributed by atoms with van der Waals surface area (Å²) in [6, 6.07) is 12.0. The Morgan fingerprint density at radius 1 is 1.14 bits per heavy atom. The van der Waals surface area contributed by atoms with Crippen LogP contribution in [-0.2, 0) is 9.53 Å². The largest absolute Gasteiger partial charge is 0.462 e. The molecule has 2 aliphatic rings. The first kappa shape index (κ1) is 24.6. The Bertz CT molecular complexity index is 1060. The SMILES string of the molecule is CCOC(=O)c1cnc(-c2ccccc2)nc1NC1CCC(NCC(=O)N2CCC[C@H]2C#N)CC1. The van der Waals surface area contributed by atoms with Crippen LogP contribution in [0.15, 0.2) is 36.5 Å². The second kappa shape index (κ2) is 11.8. The van der Waals surface area contributed by atoms with Crippen molar-refractivity contribution in [1.29, 1.82) is 5.26 Å².